The van der Waals surface area contributed by atoms with Crippen molar-refractivity contribution < 1.29 is 5.11 Å². The van der Waals surface area contributed by atoms with Gasteiger partial charge in [0.1, 0.15) is 5.82 Å². The molecule has 0 aliphatic heterocycles. The monoisotopic (exact) mass is 263 g/mol. The van der Waals surface area contributed by atoms with Gasteiger partial charge in [0.15, 0.2) is 0 Å². The zero-order valence-corrected chi connectivity index (χ0v) is 11.7. The molecule has 2 rings (SSSR count). The van der Waals surface area contributed by atoms with Crippen molar-refractivity contribution in [3.63, 3.8) is 0 Å². The summed E-state index contributed by atoms with van der Waals surface area (Å²) in [7, 11) is 0. The molecule has 1 heterocycles. The molecule has 2 atom stereocenters. The normalized spacial score (nSPS) is 23.1. The van der Waals surface area contributed by atoms with Gasteiger partial charge in [-0.15, -0.1) is 0 Å². The minimum absolute atomic E-state index is 0.325. The molecule has 1 aliphatic carbocycles. The predicted octanol–water partition coefficient (Wildman–Crippen LogP) is 2.72. The first-order chi connectivity index (χ1) is 9.33. The maximum Gasteiger partial charge on any atom is 0.127 e. The van der Waals surface area contributed by atoms with Gasteiger partial charge < -0.3 is 15.7 Å². The van der Waals surface area contributed by atoms with E-state index in [-0.39, 0.29) is 0 Å². The Morgan fingerprint density at radius 2 is 2.05 bits per heavy atom. The van der Waals surface area contributed by atoms with Crippen molar-refractivity contribution in [3.8, 4) is 0 Å². The van der Waals surface area contributed by atoms with Gasteiger partial charge in [-0.2, -0.15) is 0 Å². The van der Waals surface area contributed by atoms with Gasteiger partial charge in [-0.1, -0.05) is 12.8 Å². The lowest BCUT2D eigenvalue weighted by molar-refractivity contribution is 0.141. The first kappa shape index (κ1) is 14.1. The average molecular weight is 263 g/mol. The number of rotatable bonds is 6. The molecule has 2 unspecified atom stereocenters. The van der Waals surface area contributed by atoms with Crippen LogP contribution in [0, 0.1) is 11.8 Å². The lowest BCUT2D eigenvalue weighted by Gasteiger charge is -2.30. The second kappa shape index (κ2) is 7.34. The van der Waals surface area contributed by atoms with Crippen LogP contribution < -0.4 is 10.6 Å². The van der Waals surface area contributed by atoms with E-state index in [0.29, 0.717) is 18.4 Å². The Hall–Kier alpha value is -1.29. The van der Waals surface area contributed by atoms with Crippen LogP contribution >= 0.6 is 0 Å². The number of aliphatic hydroxyl groups is 1. The topological polar surface area (TPSA) is 57.2 Å². The third-order valence-corrected chi connectivity index (χ3v) is 3.99. The van der Waals surface area contributed by atoms with Crippen molar-refractivity contribution in [1.29, 1.82) is 0 Å². The number of hydrogen-bond donors (Lipinski definition) is 3. The molecule has 106 valence electrons. The maximum atomic E-state index is 9.42. The molecular weight excluding hydrogens is 238 g/mol. The number of hydrogen-bond acceptors (Lipinski definition) is 4. The summed E-state index contributed by atoms with van der Waals surface area (Å²) >= 11 is 0. The molecule has 4 nitrogen and oxygen atoms in total. The largest absolute Gasteiger partial charge is 0.396 e. The molecule has 1 aromatic rings. The highest BCUT2D eigenvalue weighted by Gasteiger charge is 2.23. The highest BCUT2D eigenvalue weighted by molar-refractivity contribution is 5.51. The molecule has 0 radical (unpaired) electrons. The highest BCUT2D eigenvalue weighted by atomic mass is 16.3. The van der Waals surface area contributed by atoms with Gasteiger partial charge in [0.25, 0.3) is 0 Å². The molecule has 1 aromatic heterocycles. The zero-order valence-electron chi connectivity index (χ0n) is 11.7. The number of nitrogens with zero attached hydrogens (tertiary/aromatic N) is 1. The summed E-state index contributed by atoms with van der Waals surface area (Å²) in [5.74, 6) is 1.97. The lowest BCUT2D eigenvalue weighted by Crippen LogP contribution is -2.28. The number of anilines is 2. The third-order valence-electron chi connectivity index (χ3n) is 3.99. The average Bonchev–Trinajstić information content (AvgIpc) is 2.46. The van der Waals surface area contributed by atoms with Gasteiger partial charge in [0.05, 0.1) is 0 Å². The van der Waals surface area contributed by atoms with E-state index in [9.17, 15) is 5.11 Å². The first-order valence-electron chi connectivity index (χ1n) is 7.38. The van der Waals surface area contributed by atoms with E-state index in [1.807, 2.05) is 18.3 Å². The Bertz CT molecular complexity index is 383. The van der Waals surface area contributed by atoms with E-state index in [1.54, 1.807) is 0 Å². The minimum Gasteiger partial charge on any atom is -0.396 e. The molecule has 1 saturated carbocycles. The number of nitrogens with one attached hydrogen (secondary N) is 2. The molecule has 0 spiro atoms. The number of pyridine rings is 1. The fourth-order valence-electron chi connectivity index (χ4n) is 2.86. The Morgan fingerprint density at radius 1 is 1.26 bits per heavy atom. The molecular formula is C15H25N3O. The first-order valence-corrected chi connectivity index (χ1v) is 7.38. The molecule has 0 saturated heterocycles. The molecule has 1 aliphatic rings. The summed E-state index contributed by atoms with van der Waals surface area (Å²) in [6, 6.07) is 4.04. The van der Waals surface area contributed by atoms with Crippen molar-refractivity contribution in [1.82, 2.24) is 4.98 Å². The van der Waals surface area contributed by atoms with Gasteiger partial charge in [-0.3, -0.25) is 0 Å². The maximum absolute atomic E-state index is 9.42. The van der Waals surface area contributed by atoms with Crippen LogP contribution in [-0.2, 0) is 0 Å². The molecule has 0 bridgehead atoms. The predicted molar refractivity (Wildman–Crippen MR) is 79.4 cm³/mol. The van der Waals surface area contributed by atoms with Crippen molar-refractivity contribution in [2.24, 2.45) is 11.8 Å². The summed E-state index contributed by atoms with van der Waals surface area (Å²) in [5.41, 5.74) is 1.10. The van der Waals surface area contributed by atoms with Crippen molar-refractivity contribution >= 4 is 11.5 Å². The van der Waals surface area contributed by atoms with E-state index in [0.717, 1.165) is 24.6 Å². The van der Waals surface area contributed by atoms with Crippen LogP contribution in [0.2, 0.25) is 0 Å². The zero-order chi connectivity index (χ0) is 13.5. The number of aromatic nitrogens is 1. The second-order valence-electron chi connectivity index (χ2n) is 5.33. The SMILES string of the molecule is CCNc1cc(NCC2CCCCC2CO)ccn1. The van der Waals surface area contributed by atoms with Gasteiger partial charge in [0, 0.05) is 37.6 Å². The van der Waals surface area contributed by atoms with Crippen LogP contribution in [0.5, 0.6) is 0 Å². The van der Waals surface area contributed by atoms with Crippen LogP contribution in [0.3, 0.4) is 0 Å². The summed E-state index contributed by atoms with van der Waals surface area (Å²) in [6.45, 7) is 4.22. The van der Waals surface area contributed by atoms with Crippen molar-refractivity contribution in [2.75, 3.05) is 30.3 Å². The minimum atomic E-state index is 0.325. The Morgan fingerprint density at radius 3 is 2.79 bits per heavy atom. The highest BCUT2D eigenvalue weighted by Crippen LogP contribution is 2.29. The Balaban J connectivity index is 1.88. The lowest BCUT2D eigenvalue weighted by atomic mass is 9.79. The van der Waals surface area contributed by atoms with E-state index < -0.39 is 0 Å². The van der Waals surface area contributed by atoms with Gasteiger partial charge in [0.2, 0.25) is 0 Å². The quantitative estimate of drug-likeness (QED) is 0.738. The molecule has 19 heavy (non-hydrogen) atoms. The summed E-state index contributed by atoms with van der Waals surface area (Å²) in [4.78, 5) is 4.26. The van der Waals surface area contributed by atoms with Crippen LogP contribution in [0.1, 0.15) is 32.6 Å². The summed E-state index contributed by atoms with van der Waals surface area (Å²) in [6.07, 6.45) is 6.78. The molecule has 0 aromatic carbocycles. The van der Waals surface area contributed by atoms with Crippen LogP contribution in [0.4, 0.5) is 11.5 Å². The van der Waals surface area contributed by atoms with Crippen LogP contribution in [0.25, 0.3) is 0 Å². The molecule has 3 N–H and O–H groups in total. The molecule has 1 fully saturated rings. The smallest absolute Gasteiger partial charge is 0.127 e. The molecule has 4 heteroatoms. The third kappa shape index (κ3) is 4.10. The standard InChI is InChI=1S/C15H25N3O/c1-2-16-15-9-14(7-8-17-15)18-10-12-5-3-4-6-13(12)11-19/h7-9,12-13,19H,2-6,10-11H2,1H3,(H2,16,17,18). The van der Waals surface area contributed by atoms with E-state index >= 15 is 0 Å². The van der Waals surface area contributed by atoms with E-state index in [2.05, 4.69) is 22.5 Å². The van der Waals surface area contributed by atoms with Gasteiger partial charge in [-0.25, -0.2) is 4.98 Å². The number of aliphatic hydroxyl groups excluding tert-OH is 1. The summed E-state index contributed by atoms with van der Waals surface area (Å²) in [5, 5.41) is 16.1. The van der Waals surface area contributed by atoms with Crippen molar-refractivity contribution in [2.45, 2.75) is 32.6 Å². The fraction of sp³-hybridized carbons (Fsp3) is 0.667. The van der Waals surface area contributed by atoms with E-state index in [4.69, 9.17) is 0 Å². The second-order valence-corrected chi connectivity index (χ2v) is 5.33. The van der Waals surface area contributed by atoms with Gasteiger partial charge in [-0.05, 0) is 37.7 Å². The van der Waals surface area contributed by atoms with E-state index in [1.165, 1.54) is 25.7 Å². The van der Waals surface area contributed by atoms with Gasteiger partial charge >= 0.3 is 0 Å². The van der Waals surface area contributed by atoms with Crippen LogP contribution in [-0.4, -0.2) is 29.8 Å². The Labute approximate surface area is 115 Å². The fourth-order valence-corrected chi connectivity index (χ4v) is 2.86. The van der Waals surface area contributed by atoms with Crippen LogP contribution in [0.15, 0.2) is 18.3 Å². The Kier molecular flexibility index (Phi) is 5.45. The van der Waals surface area contributed by atoms with Crippen molar-refractivity contribution in [3.05, 3.63) is 18.3 Å². The molecule has 0 amide bonds. The summed E-state index contributed by atoms with van der Waals surface area (Å²) < 4.78 is 0.